The number of rotatable bonds is 3. The van der Waals surface area contributed by atoms with Crippen molar-refractivity contribution in [2.75, 3.05) is 11.1 Å². The number of benzene rings is 1. The van der Waals surface area contributed by atoms with Crippen LogP contribution in [0.25, 0.3) is 0 Å². The molecule has 0 saturated carbocycles. The first-order valence-electron chi connectivity index (χ1n) is 5.55. The number of nitrogens with zero attached hydrogens (tertiary/aromatic N) is 2. The predicted molar refractivity (Wildman–Crippen MR) is 70.2 cm³/mol. The summed E-state index contributed by atoms with van der Waals surface area (Å²) in [7, 11) is 0. The first-order chi connectivity index (χ1) is 9.36. The van der Waals surface area contributed by atoms with Crippen LogP contribution in [0.3, 0.4) is 0 Å². The van der Waals surface area contributed by atoms with E-state index in [9.17, 15) is 13.2 Å². The molecule has 0 amide bonds. The summed E-state index contributed by atoms with van der Waals surface area (Å²) in [4.78, 5) is 6.53. The Morgan fingerprint density at radius 3 is 2.55 bits per heavy atom. The van der Waals surface area contributed by atoms with Crippen molar-refractivity contribution in [2.45, 2.75) is 12.7 Å². The second-order valence-corrected chi connectivity index (χ2v) is 4.35. The molecule has 0 bridgehead atoms. The second kappa shape index (κ2) is 5.54. The van der Waals surface area contributed by atoms with Gasteiger partial charge in [-0.15, -0.1) is 0 Å². The molecule has 0 spiro atoms. The van der Waals surface area contributed by atoms with Gasteiger partial charge in [-0.2, -0.15) is 13.2 Å². The monoisotopic (exact) mass is 302 g/mol. The van der Waals surface area contributed by atoms with Gasteiger partial charge in [0.1, 0.15) is 11.6 Å². The van der Waals surface area contributed by atoms with E-state index in [-0.39, 0.29) is 18.2 Å². The number of nitrogen functional groups attached to an aromatic ring is 1. The van der Waals surface area contributed by atoms with Gasteiger partial charge < -0.3 is 11.1 Å². The Labute approximate surface area is 117 Å². The van der Waals surface area contributed by atoms with Crippen LogP contribution in [-0.4, -0.2) is 9.97 Å². The smallest absolute Gasteiger partial charge is 0.384 e. The second-order valence-electron chi connectivity index (χ2n) is 3.94. The van der Waals surface area contributed by atoms with Gasteiger partial charge in [0.25, 0.3) is 0 Å². The minimum absolute atomic E-state index is 0.00950. The van der Waals surface area contributed by atoms with Gasteiger partial charge in [0.05, 0.1) is 0 Å². The van der Waals surface area contributed by atoms with Crippen molar-refractivity contribution >= 4 is 23.2 Å². The molecule has 0 fully saturated rings. The Morgan fingerprint density at radius 1 is 1.20 bits per heavy atom. The molecule has 1 aromatic heterocycles. The molecule has 0 unspecified atom stereocenters. The molecule has 2 rings (SSSR count). The summed E-state index contributed by atoms with van der Waals surface area (Å²) in [6, 6.07) is 8.21. The number of aromatic nitrogens is 2. The maximum absolute atomic E-state index is 12.5. The average Bonchev–Trinajstić information content (AvgIpc) is 2.36. The molecular formula is C12H10ClF3N4. The molecular weight excluding hydrogens is 293 g/mol. The van der Waals surface area contributed by atoms with Crippen LogP contribution in [0.15, 0.2) is 30.3 Å². The Balaban J connectivity index is 2.18. The number of hydrogen-bond acceptors (Lipinski definition) is 4. The van der Waals surface area contributed by atoms with E-state index >= 15 is 0 Å². The highest BCUT2D eigenvalue weighted by Crippen LogP contribution is 2.28. The zero-order valence-electron chi connectivity index (χ0n) is 10.1. The van der Waals surface area contributed by atoms with Crippen molar-refractivity contribution in [1.82, 2.24) is 9.97 Å². The minimum atomic E-state index is -4.64. The van der Waals surface area contributed by atoms with Crippen LogP contribution in [0.5, 0.6) is 0 Å². The van der Waals surface area contributed by atoms with Crippen molar-refractivity contribution in [3.63, 3.8) is 0 Å². The summed E-state index contributed by atoms with van der Waals surface area (Å²) in [6.45, 7) is 0.230. The summed E-state index contributed by atoms with van der Waals surface area (Å²) in [5, 5.41) is 3.25. The number of anilines is 2. The highest BCUT2D eigenvalue weighted by molar-refractivity contribution is 6.31. The van der Waals surface area contributed by atoms with E-state index in [4.69, 9.17) is 17.3 Å². The largest absolute Gasteiger partial charge is 0.451 e. The van der Waals surface area contributed by atoms with E-state index in [1.54, 1.807) is 24.3 Å². The molecule has 8 heteroatoms. The van der Waals surface area contributed by atoms with Crippen molar-refractivity contribution in [3.8, 4) is 0 Å². The number of halogens is 4. The van der Waals surface area contributed by atoms with Gasteiger partial charge in [-0.25, -0.2) is 9.97 Å². The van der Waals surface area contributed by atoms with Crippen molar-refractivity contribution in [3.05, 3.63) is 46.7 Å². The topological polar surface area (TPSA) is 63.8 Å². The van der Waals surface area contributed by atoms with E-state index in [1.807, 2.05) is 0 Å². The summed E-state index contributed by atoms with van der Waals surface area (Å²) in [5.41, 5.74) is 6.07. The maximum atomic E-state index is 12.5. The minimum Gasteiger partial charge on any atom is -0.384 e. The molecule has 0 atom stereocenters. The van der Waals surface area contributed by atoms with Crippen LogP contribution in [0.1, 0.15) is 11.4 Å². The third-order valence-corrected chi connectivity index (χ3v) is 2.79. The van der Waals surface area contributed by atoms with Crippen LogP contribution in [0.4, 0.5) is 24.8 Å². The molecule has 0 aliphatic rings. The van der Waals surface area contributed by atoms with Crippen LogP contribution in [-0.2, 0) is 12.7 Å². The fraction of sp³-hybridized carbons (Fsp3) is 0.167. The summed E-state index contributed by atoms with van der Waals surface area (Å²) in [5.74, 6) is -1.54. The lowest BCUT2D eigenvalue weighted by Gasteiger charge is -2.10. The van der Waals surface area contributed by atoms with E-state index in [2.05, 4.69) is 15.3 Å². The lowest BCUT2D eigenvalue weighted by atomic mass is 10.2. The third kappa shape index (κ3) is 3.51. The molecule has 20 heavy (non-hydrogen) atoms. The SMILES string of the molecule is Nc1cc(NCc2ccccc2Cl)nc(C(F)(F)F)n1. The van der Waals surface area contributed by atoms with Crippen molar-refractivity contribution in [1.29, 1.82) is 0 Å². The lowest BCUT2D eigenvalue weighted by molar-refractivity contribution is -0.144. The summed E-state index contributed by atoms with van der Waals surface area (Å²) < 4.78 is 37.6. The van der Waals surface area contributed by atoms with Gasteiger partial charge in [-0.3, -0.25) is 0 Å². The highest BCUT2D eigenvalue weighted by atomic mass is 35.5. The standard InChI is InChI=1S/C12H10ClF3N4/c13-8-4-2-1-3-7(8)6-18-10-5-9(17)19-11(20-10)12(14,15)16/h1-5H,6H2,(H3,17,18,19,20). The Kier molecular flexibility index (Phi) is 3.99. The molecule has 0 saturated heterocycles. The summed E-state index contributed by atoms with van der Waals surface area (Å²) >= 11 is 5.95. The molecule has 2 aromatic rings. The first kappa shape index (κ1) is 14.4. The number of hydrogen-bond donors (Lipinski definition) is 2. The van der Waals surface area contributed by atoms with E-state index < -0.39 is 12.0 Å². The third-order valence-electron chi connectivity index (χ3n) is 2.42. The number of nitrogens with two attached hydrogens (primary N) is 1. The molecule has 4 nitrogen and oxygen atoms in total. The number of nitrogens with one attached hydrogen (secondary N) is 1. The zero-order chi connectivity index (χ0) is 14.8. The Hall–Kier alpha value is -2.02. The lowest BCUT2D eigenvalue weighted by Crippen LogP contribution is -2.14. The van der Waals surface area contributed by atoms with E-state index in [1.165, 1.54) is 6.07 Å². The van der Waals surface area contributed by atoms with Crippen LogP contribution < -0.4 is 11.1 Å². The average molecular weight is 303 g/mol. The molecule has 0 aliphatic heterocycles. The van der Waals surface area contributed by atoms with Crippen molar-refractivity contribution in [2.24, 2.45) is 0 Å². The molecule has 0 radical (unpaired) electrons. The molecule has 106 valence electrons. The van der Waals surface area contributed by atoms with Crippen LogP contribution in [0.2, 0.25) is 5.02 Å². The molecule has 1 heterocycles. The molecule has 0 aliphatic carbocycles. The molecule has 3 N–H and O–H groups in total. The van der Waals surface area contributed by atoms with Crippen LogP contribution >= 0.6 is 11.6 Å². The van der Waals surface area contributed by atoms with E-state index in [0.717, 1.165) is 5.56 Å². The van der Waals surface area contributed by atoms with Gasteiger partial charge in [0.15, 0.2) is 0 Å². The highest BCUT2D eigenvalue weighted by Gasteiger charge is 2.35. The first-order valence-corrected chi connectivity index (χ1v) is 5.93. The van der Waals surface area contributed by atoms with E-state index in [0.29, 0.717) is 5.02 Å². The zero-order valence-corrected chi connectivity index (χ0v) is 10.8. The van der Waals surface area contributed by atoms with Crippen LogP contribution in [0, 0.1) is 0 Å². The van der Waals surface area contributed by atoms with Gasteiger partial charge >= 0.3 is 6.18 Å². The Morgan fingerprint density at radius 2 is 1.90 bits per heavy atom. The van der Waals surface area contributed by atoms with Gasteiger partial charge in [0, 0.05) is 17.6 Å². The van der Waals surface area contributed by atoms with Gasteiger partial charge in [-0.1, -0.05) is 29.8 Å². The maximum Gasteiger partial charge on any atom is 0.451 e. The molecule has 1 aromatic carbocycles. The quantitative estimate of drug-likeness (QED) is 0.912. The van der Waals surface area contributed by atoms with Gasteiger partial charge in [-0.05, 0) is 11.6 Å². The fourth-order valence-electron chi connectivity index (χ4n) is 1.51. The van der Waals surface area contributed by atoms with Gasteiger partial charge in [0.2, 0.25) is 5.82 Å². The fourth-order valence-corrected chi connectivity index (χ4v) is 1.71. The summed E-state index contributed by atoms with van der Waals surface area (Å²) in [6.07, 6.45) is -4.64. The Bertz CT molecular complexity index is 616. The number of alkyl halides is 3. The van der Waals surface area contributed by atoms with Crippen molar-refractivity contribution < 1.29 is 13.2 Å². The normalized spacial score (nSPS) is 11.4. The predicted octanol–water partition coefficient (Wildman–Crippen LogP) is 3.34.